The van der Waals surface area contributed by atoms with Crippen molar-refractivity contribution in [2.45, 2.75) is 58.0 Å². The molecule has 1 aliphatic rings. The number of anilines is 2. The van der Waals surface area contributed by atoms with Gasteiger partial charge in [0.2, 0.25) is 18.3 Å². The summed E-state index contributed by atoms with van der Waals surface area (Å²) in [6.45, 7) is 4.36. The van der Waals surface area contributed by atoms with Gasteiger partial charge in [-0.1, -0.05) is 35.8 Å². The van der Waals surface area contributed by atoms with Gasteiger partial charge < -0.3 is 25.3 Å². The van der Waals surface area contributed by atoms with Crippen LogP contribution in [0.1, 0.15) is 48.5 Å². The van der Waals surface area contributed by atoms with Gasteiger partial charge in [0.25, 0.3) is 12.3 Å². The van der Waals surface area contributed by atoms with Crippen molar-refractivity contribution >= 4 is 57.7 Å². The van der Waals surface area contributed by atoms with E-state index in [4.69, 9.17) is 27.9 Å². The van der Waals surface area contributed by atoms with Crippen molar-refractivity contribution in [3.8, 4) is 5.75 Å². The Labute approximate surface area is 255 Å². The van der Waals surface area contributed by atoms with Gasteiger partial charge in [0.15, 0.2) is 0 Å². The van der Waals surface area contributed by atoms with Crippen molar-refractivity contribution in [2.24, 2.45) is 13.0 Å². The number of hydrogen-bond acceptors (Lipinski definition) is 5. The molecule has 3 N–H and O–H groups in total. The molecule has 1 fully saturated rings. The predicted octanol–water partition coefficient (Wildman–Crippen LogP) is 7.01. The number of aromatic nitrogens is 2. The second-order valence-electron chi connectivity index (χ2n) is 10.4. The minimum atomic E-state index is -2.78. The highest BCUT2D eigenvalue weighted by Gasteiger charge is 2.29. The Morgan fingerprint density at radius 1 is 1.14 bits per heavy atom. The molecule has 0 atom stereocenters. The van der Waals surface area contributed by atoms with E-state index in [0.29, 0.717) is 40.7 Å². The Hall–Kier alpha value is -3.51. The van der Waals surface area contributed by atoms with Crippen LogP contribution in [0.25, 0.3) is 11.0 Å². The van der Waals surface area contributed by atoms with E-state index >= 15 is 0 Å². The third-order valence-corrected chi connectivity index (χ3v) is 8.04. The van der Waals surface area contributed by atoms with Crippen molar-refractivity contribution in [1.82, 2.24) is 20.2 Å². The summed E-state index contributed by atoms with van der Waals surface area (Å²) >= 11 is 13.0. The number of carbonyl (C=O) groups is 2. The summed E-state index contributed by atoms with van der Waals surface area (Å²) in [5.74, 6) is -1.42. The quantitative estimate of drug-likeness (QED) is 0.154. The average Bonchev–Trinajstić information content (AvgIpc) is 3.26. The van der Waals surface area contributed by atoms with E-state index in [2.05, 4.69) is 27.5 Å². The highest BCUT2D eigenvalue weighted by atomic mass is 35.5. The molecule has 0 spiro atoms. The number of amides is 2. The number of alkyl halides is 4. The number of ether oxygens (including phenoxy) is 1. The van der Waals surface area contributed by atoms with Gasteiger partial charge in [0, 0.05) is 37.2 Å². The monoisotopic (exact) mass is 643 g/mol. The van der Waals surface area contributed by atoms with Crippen LogP contribution in [-0.4, -0.2) is 46.9 Å². The van der Waals surface area contributed by atoms with Crippen LogP contribution >= 0.6 is 23.2 Å². The van der Waals surface area contributed by atoms with E-state index in [1.54, 1.807) is 30.7 Å². The molecule has 3 aromatic rings. The summed E-state index contributed by atoms with van der Waals surface area (Å²) in [7, 11) is 1.66. The molecule has 232 valence electrons. The van der Waals surface area contributed by atoms with Crippen LogP contribution in [0.3, 0.4) is 0 Å². The lowest BCUT2D eigenvalue weighted by Gasteiger charge is -2.28. The SMILES string of the molecule is C=C(C)C(=O)NCc1ccc(Cl)c(Nc2nc3cc(C(=O)NC4CCC(C(F)F)CC4)c(OCC(F)F)cc3n2C)c1Cl. The molecule has 0 bridgehead atoms. The van der Waals surface area contributed by atoms with Gasteiger partial charge in [-0.25, -0.2) is 22.5 Å². The first kappa shape index (κ1) is 32.4. The number of carbonyl (C=O) groups excluding carboxylic acids is 2. The van der Waals surface area contributed by atoms with Crippen molar-refractivity contribution in [3.63, 3.8) is 0 Å². The Morgan fingerprint density at radius 3 is 2.47 bits per heavy atom. The van der Waals surface area contributed by atoms with Crippen molar-refractivity contribution < 1.29 is 31.9 Å². The molecular formula is C29H31Cl2F4N5O3. The zero-order chi connectivity index (χ0) is 31.4. The minimum Gasteiger partial charge on any atom is -0.487 e. The summed E-state index contributed by atoms with van der Waals surface area (Å²) in [4.78, 5) is 29.7. The second-order valence-corrected chi connectivity index (χ2v) is 11.2. The van der Waals surface area contributed by atoms with E-state index in [-0.39, 0.29) is 58.6 Å². The third kappa shape index (κ3) is 7.72. The molecule has 43 heavy (non-hydrogen) atoms. The predicted molar refractivity (Wildman–Crippen MR) is 158 cm³/mol. The molecule has 0 aliphatic heterocycles. The van der Waals surface area contributed by atoms with Crippen molar-refractivity contribution in [1.29, 1.82) is 0 Å². The van der Waals surface area contributed by atoms with Crippen LogP contribution in [0.2, 0.25) is 10.0 Å². The maximum atomic E-state index is 13.3. The van der Waals surface area contributed by atoms with E-state index < -0.39 is 31.3 Å². The lowest BCUT2D eigenvalue weighted by Crippen LogP contribution is -2.38. The molecular weight excluding hydrogens is 613 g/mol. The molecule has 1 aromatic heterocycles. The molecule has 14 heteroatoms. The summed E-state index contributed by atoms with van der Waals surface area (Å²) in [5.41, 5.74) is 2.02. The number of fused-ring (bicyclic) bond motifs is 1. The number of nitrogens with zero attached hydrogens (tertiary/aromatic N) is 2. The van der Waals surface area contributed by atoms with Crippen LogP contribution in [-0.2, 0) is 18.4 Å². The normalized spacial score (nSPS) is 16.9. The summed E-state index contributed by atoms with van der Waals surface area (Å²) in [6, 6.07) is 5.80. The van der Waals surface area contributed by atoms with Gasteiger partial charge in [0.05, 0.1) is 32.3 Å². The smallest absolute Gasteiger partial charge is 0.272 e. The van der Waals surface area contributed by atoms with Crippen molar-refractivity contribution in [2.75, 3.05) is 11.9 Å². The summed E-state index contributed by atoms with van der Waals surface area (Å²) < 4.78 is 59.1. The average molecular weight is 644 g/mol. The van der Waals surface area contributed by atoms with Crippen LogP contribution in [0.4, 0.5) is 29.2 Å². The van der Waals surface area contributed by atoms with Gasteiger partial charge in [0.1, 0.15) is 12.4 Å². The lowest BCUT2D eigenvalue weighted by atomic mass is 9.86. The maximum Gasteiger partial charge on any atom is 0.272 e. The topological polar surface area (TPSA) is 97.3 Å². The van der Waals surface area contributed by atoms with Crippen LogP contribution in [0, 0.1) is 5.92 Å². The molecule has 0 radical (unpaired) electrons. The first-order chi connectivity index (χ1) is 20.3. The first-order valence-electron chi connectivity index (χ1n) is 13.5. The Morgan fingerprint density at radius 2 is 1.84 bits per heavy atom. The number of imidazole rings is 1. The van der Waals surface area contributed by atoms with Crippen LogP contribution in [0.5, 0.6) is 5.75 Å². The zero-order valence-corrected chi connectivity index (χ0v) is 25.0. The number of rotatable bonds is 11. The number of aryl methyl sites for hydroxylation is 1. The molecule has 2 amide bonds. The fourth-order valence-corrected chi connectivity index (χ4v) is 5.38. The Kier molecular flexibility index (Phi) is 10.4. The molecule has 0 unspecified atom stereocenters. The van der Waals surface area contributed by atoms with Crippen LogP contribution < -0.4 is 20.7 Å². The largest absolute Gasteiger partial charge is 0.487 e. The van der Waals surface area contributed by atoms with Gasteiger partial charge >= 0.3 is 0 Å². The Balaban J connectivity index is 1.62. The third-order valence-electron chi connectivity index (χ3n) is 7.29. The van der Waals surface area contributed by atoms with E-state index in [0.717, 1.165) is 0 Å². The number of hydrogen-bond donors (Lipinski definition) is 3. The van der Waals surface area contributed by atoms with Gasteiger partial charge in [-0.15, -0.1) is 0 Å². The molecule has 8 nitrogen and oxygen atoms in total. The fraction of sp³-hybridized carbons (Fsp3) is 0.414. The zero-order valence-electron chi connectivity index (χ0n) is 23.5. The molecule has 0 saturated heterocycles. The van der Waals surface area contributed by atoms with Gasteiger partial charge in [-0.2, -0.15) is 0 Å². The Bertz CT molecular complexity index is 1520. The van der Waals surface area contributed by atoms with Crippen LogP contribution in [0.15, 0.2) is 36.4 Å². The molecule has 1 heterocycles. The fourth-order valence-electron chi connectivity index (χ4n) is 4.84. The standard InChI is InChI=1S/C29H31Cl2F4N5O3/c1-14(2)27(41)36-12-16-6-9-19(30)25(24(16)31)39-29-38-20-10-18(22(43-13-23(32)33)11-21(20)40(29)3)28(42)37-17-7-4-15(5-8-17)26(34)35/h6,9-11,15,17,23,26H,1,4-5,7-8,12-13H2,2-3H3,(H,36,41)(H,37,42)(H,38,39). The molecule has 4 rings (SSSR count). The molecule has 2 aromatic carbocycles. The lowest BCUT2D eigenvalue weighted by molar-refractivity contribution is -0.117. The van der Waals surface area contributed by atoms with E-state index in [1.165, 1.54) is 12.1 Å². The van der Waals surface area contributed by atoms with Gasteiger partial charge in [-0.05, 0) is 50.3 Å². The van der Waals surface area contributed by atoms with Gasteiger partial charge in [-0.3, -0.25) is 9.59 Å². The second kappa shape index (κ2) is 13.9. The minimum absolute atomic E-state index is 0.0138. The van der Waals surface area contributed by atoms with E-state index in [1.807, 2.05) is 0 Å². The number of halogens is 6. The van der Waals surface area contributed by atoms with Crippen molar-refractivity contribution in [3.05, 3.63) is 57.6 Å². The highest BCUT2D eigenvalue weighted by Crippen LogP contribution is 2.37. The highest BCUT2D eigenvalue weighted by molar-refractivity contribution is 6.39. The number of nitrogens with one attached hydrogen (secondary N) is 3. The maximum absolute atomic E-state index is 13.3. The summed E-state index contributed by atoms with van der Waals surface area (Å²) in [5, 5.41) is 9.13. The van der Waals surface area contributed by atoms with E-state index in [9.17, 15) is 27.2 Å². The summed E-state index contributed by atoms with van der Waals surface area (Å²) in [6.07, 6.45) is -3.88. The first-order valence-corrected chi connectivity index (χ1v) is 14.3. The molecule has 1 saturated carbocycles. The molecule has 1 aliphatic carbocycles. The number of benzene rings is 2.